The zero-order chi connectivity index (χ0) is 12.8. The highest BCUT2D eigenvalue weighted by atomic mass is 16.5. The predicted molar refractivity (Wildman–Crippen MR) is 61.8 cm³/mol. The molecule has 1 heterocycles. The monoisotopic (exact) mass is 239 g/mol. The average Bonchev–Trinajstić information content (AvgIpc) is 2.60. The van der Waals surface area contributed by atoms with Crippen molar-refractivity contribution in [1.82, 2.24) is 4.98 Å². The van der Waals surface area contributed by atoms with Crippen molar-refractivity contribution in [3.8, 4) is 0 Å². The van der Waals surface area contributed by atoms with Gasteiger partial charge in [-0.15, -0.1) is 0 Å². The van der Waals surface area contributed by atoms with Crippen LogP contribution in [0.3, 0.4) is 0 Å². The van der Waals surface area contributed by atoms with Crippen LogP contribution >= 0.6 is 0 Å². The zero-order valence-corrected chi connectivity index (χ0v) is 10.3. The Balaban J connectivity index is 2.74. The van der Waals surface area contributed by atoms with Crippen molar-refractivity contribution in [3.05, 3.63) is 23.0 Å². The summed E-state index contributed by atoms with van der Waals surface area (Å²) >= 11 is 0. The van der Waals surface area contributed by atoms with Crippen LogP contribution in [-0.2, 0) is 20.7 Å². The van der Waals surface area contributed by atoms with Gasteiger partial charge >= 0.3 is 11.9 Å². The summed E-state index contributed by atoms with van der Waals surface area (Å²) in [5.74, 6) is -0.694. The van der Waals surface area contributed by atoms with Crippen molar-refractivity contribution in [2.45, 2.75) is 27.2 Å². The van der Waals surface area contributed by atoms with Crippen LogP contribution < -0.4 is 0 Å². The molecule has 0 spiro atoms. The fourth-order valence-corrected chi connectivity index (χ4v) is 1.51. The summed E-state index contributed by atoms with van der Waals surface area (Å²) in [5.41, 5.74) is 1.82. The molecule has 0 aliphatic rings. The minimum atomic E-state index is -0.378. The molecule has 1 aromatic heterocycles. The second-order valence-corrected chi connectivity index (χ2v) is 3.54. The first-order valence-electron chi connectivity index (χ1n) is 5.59. The van der Waals surface area contributed by atoms with Gasteiger partial charge in [-0.2, -0.15) is 0 Å². The van der Waals surface area contributed by atoms with Gasteiger partial charge in [0.25, 0.3) is 0 Å². The summed E-state index contributed by atoms with van der Waals surface area (Å²) in [5, 5.41) is 0. The van der Waals surface area contributed by atoms with E-state index in [1.807, 2.05) is 0 Å². The molecule has 0 atom stereocenters. The summed E-state index contributed by atoms with van der Waals surface area (Å²) in [6.07, 6.45) is 0.133. The van der Waals surface area contributed by atoms with E-state index in [1.54, 1.807) is 26.8 Å². The number of rotatable bonds is 5. The molecule has 1 aromatic rings. The first-order chi connectivity index (χ1) is 8.08. The van der Waals surface area contributed by atoms with Crippen LogP contribution in [0, 0.1) is 6.92 Å². The Labute approximate surface area is 100 Å². The first-order valence-corrected chi connectivity index (χ1v) is 5.59. The molecule has 0 aromatic carbocycles. The van der Waals surface area contributed by atoms with Crippen molar-refractivity contribution < 1.29 is 19.1 Å². The minimum Gasteiger partial charge on any atom is -0.466 e. The molecule has 5 nitrogen and oxygen atoms in total. The fraction of sp³-hybridized carbons (Fsp3) is 0.500. The Kier molecular flexibility index (Phi) is 4.75. The lowest BCUT2D eigenvalue weighted by Gasteiger charge is -1.99. The molecular formula is C12H17NO4. The second-order valence-electron chi connectivity index (χ2n) is 3.54. The van der Waals surface area contributed by atoms with Crippen LogP contribution in [0.4, 0.5) is 0 Å². The van der Waals surface area contributed by atoms with Crippen molar-refractivity contribution in [2.75, 3.05) is 13.2 Å². The quantitative estimate of drug-likeness (QED) is 0.792. The molecule has 0 aliphatic heterocycles. The number of carbonyl (C=O) groups excluding carboxylic acids is 2. The Hall–Kier alpha value is -1.78. The van der Waals surface area contributed by atoms with Crippen LogP contribution in [0.1, 0.15) is 35.6 Å². The summed E-state index contributed by atoms with van der Waals surface area (Å²) in [6.45, 7) is 5.95. The Bertz CT molecular complexity index is 409. The highest BCUT2D eigenvalue weighted by Gasteiger charge is 2.15. The maximum atomic E-state index is 11.5. The van der Waals surface area contributed by atoms with Crippen molar-refractivity contribution in [2.24, 2.45) is 0 Å². The predicted octanol–water partition coefficient (Wildman–Crippen LogP) is 1.61. The smallest absolute Gasteiger partial charge is 0.339 e. The van der Waals surface area contributed by atoms with Crippen LogP contribution in [0.5, 0.6) is 0 Å². The van der Waals surface area contributed by atoms with Gasteiger partial charge in [0.05, 0.1) is 25.2 Å². The first kappa shape index (κ1) is 13.3. The highest BCUT2D eigenvalue weighted by molar-refractivity contribution is 5.91. The van der Waals surface area contributed by atoms with Gasteiger partial charge in [-0.25, -0.2) is 4.79 Å². The molecule has 0 amide bonds. The van der Waals surface area contributed by atoms with Gasteiger partial charge in [0, 0.05) is 11.4 Å². The third kappa shape index (κ3) is 3.62. The molecule has 0 radical (unpaired) electrons. The molecule has 1 rings (SSSR count). The average molecular weight is 239 g/mol. The molecule has 0 saturated carbocycles. The third-order valence-corrected chi connectivity index (χ3v) is 2.21. The standard InChI is InChI=1S/C12H17NO4/c1-4-16-11(14)7-9-6-10(8(3)13-9)12(15)17-5-2/h6,13H,4-5,7H2,1-3H3. The summed E-state index contributed by atoms with van der Waals surface area (Å²) in [6, 6.07) is 1.63. The number of aromatic amines is 1. The van der Waals surface area contributed by atoms with E-state index in [1.165, 1.54) is 0 Å². The van der Waals surface area contributed by atoms with Gasteiger partial charge in [-0.3, -0.25) is 4.79 Å². The second kappa shape index (κ2) is 6.08. The number of aromatic nitrogens is 1. The van der Waals surface area contributed by atoms with E-state index in [2.05, 4.69) is 4.98 Å². The Morgan fingerprint density at radius 1 is 1.24 bits per heavy atom. The van der Waals surface area contributed by atoms with Gasteiger partial charge in [0.1, 0.15) is 0 Å². The van der Waals surface area contributed by atoms with Crippen molar-refractivity contribution in [1.29, 1.82) is 0 Å². The Morgan fingerprint density at radius 3 is 2.47 bits per heavy atom. The molecule has 1 N–H and O–H groups in total. The summed E-state index contributed by atoms with van der Waals surface area (Å²) in [4.78, 5) is 25.8. The number of carbonyl (C=O) groups is 2. The summed E-state index contributed by atoms with van der Waals surface area (Å²) in [7, 11) is 0. The van der Waals surface area contributed by atoms with E-state index >= 15 is 0 Å². The lowest BCUT2D eigenvalue weighted by atomic mass is 10.2. The lowest BCUT2D eigenvalue weighted by molar-refractivity contribution is -0.142. The fourth-order valence-electron chi connectivity index (χ4n) is 1.51. The van der Waals surface area contributed by atoms with Gasteiger partial charge < -0.3 is 14.5 Å². The number of hydrogen-bond donors (Lipinski definition) is 1. The van der Waals surface area contributed by atoms with Gasteiger partial charge in [-0.05, 0) is 26.8 Å². The number of nitrogens with one attached hydrogen (secondary N) is 1. The number of esters is 2. The SMILES string of the molecule is CCOC(=O)Cc1cc(C(=O)OCC)c(C)[nH]1. The van der Waals surface area contributed by atoms with Crippen LogP contribution in [-0.4, -0.2) is 30.1 Å². The Morgan fingerprint density at radius 2 is 1.88 bits per heavy atom. The molecule has 94 valence electrons. The normalized spacial score (nSPS) is 10.1. The third-order valence-electron chi connectivity index (χ3n) is 2.21. The van der Waals surface area contributed by atoms with Gasteiger partial charge in [0.2, 0.25) is 0 Å². The highest BCUT2D eigenvalue weighted by Crippen LogP contribution is 2.12. The molecule has 0 saturated heterocycles. The van der Waals surface area contributed by atoms with Gasteiger partial charge in [0.15, 0.2) is 0 Å². The van der Waals surface area contributed by atoms with E-state index in [0.29, 0.717) is 30.2 Å². The maximum Gasteiger partial charge on any atom is 0.339 e. The van der Waals surface area contributed by atoms with E-state index in [-0.39, 0.29) is 18.4 Å². The topological polar surface area (TPSA) is 68.4 Å². The number of H-pyrrole nitrogens is 1. The van der Waals surface area contributed by atoms with Crippen molar-refractivity contribution in [3.63, 3.8) is 0 Å². The van der Waals surface area contributed by atoms with Crippen LogP contribution in [0.2, 0.25) is 0 Å². The molecule has 0 aliphatic carbocycles. The van der Waals surface area contributed by atoms with Crippen LogP contribution in [0.25, 0.3) is 0 Å². The van der Waals surface area contributed by atoms with Crippen molar-refractivity contribution >= 4 is 11.9 Å². The number of aryl methyl sites for hydroxylation is 1. The zero-order valence-electron chi connectivity index (χ0n) is 10.3. The lowest BCUT2D eigenvalue weighted by Crippen LogP contribution is -2.07. The van der Waals surface area contributed by atoms with Gasteiger partial charge in [-0.1, -0.05) is 0 Å². The number of ether oxygens (including phenoxy) is 2. The maximum absolute atomic E-state index is 11.5. The largest absolute Gasteiger partial charge is 0.466 e. The molecule has 0 bridgehead atoms. The molecule has 0 unspecified atom stereocenters. The van der Waals surface area contributed by atoms with E-state index in [0.717, 1.165) is 0 Å². The molecule has 0 fully saturated rings. The van der Waals surface area contributed by atoms with E-state index in [4.69, 9.17) is 9.47 Å². The molecular weight excluding hydrogens is 222 g/mol. The number of hydrogen-bond acceptors (Lipinski definition) is 4. The van der Waals surface area contributed by atoms with Crippen LogP contribution in [0.15, 0.2) is 6.07 Å². The van der Waals surface area contributed by atoms with E-state index < -0.39 is 0 Å². The van der Waals surface area contributed by atoms with E-state index in [9.17, 15) is 9.59 Å². The molecule has 5 heteroatoms. The summed E-state index contributed by atoms with van der Waals surface area (Å²) < 4.78 is 9.73. The minimum absolute atomic E-state index is 0.133. The molecule has 17 heavy (non-hydrogen) atoms.